The van der Waals surface area contributed by atoms with Crippen molar-refractivity contribution in [3.8, 4) is 0 Å². The maximum absolute atomic E-state index is 4.75. The first-order valence-electron chi connectivity index (χ1n) is 6.85. The molecule has 0 radical (unpaired) electrons. The standard InChI is InChI=1S/C15H20N2S/c1-3-16-13(11-8-10(11)2)9-15-17-12-6-4-5-7-14(12)18-15/h4-7,10-11,13,16H,3,8-9H2,1-2H3. The Morgan fingerprint density at radius 1 is 1.44 bits per heavy atom. The molecular weight excluding hydrogens is 240 g/mol. The van der Waals surface area contributed by atoms with E-state index in [9.17, 15) is 0 Å². The summed E-state index contributed by atoms with van der Waals surface area (Å²) in [6.07, 6.45) is 2.46. The number of aromatic nitrogens is 1. The lowest BCUT2D eigenvalue weighted by molar-refractivity contribution is 0.454. The van der Waals surface area contributed by atoms with Crippen LogP contribution in [0.25, 0.3) is 10.2 Å². The fourth-order valence-electron chi connectivity index (χ4n) is 2.74. The molecule has 1 aliphatic rings. The molecule has 2 nitrogen and oxygen atoms in total. The van der Waals surface area contributed by atoms with E-state index in [1.807, 2.05) is 11.3 Å². The van der Waals surface area contributed by atoms with Gasteiger partial charge in [-0.1, -0.05) is 26.0 Å². The third-order valence-corrected chi connectivity index (χ3v) is 4.95. The van der Waals surface area contributed by atoms with Crippen LogP contribution in [-0.2, 0) is 6.42 Å². The molecule has 0 spiro atoms. The molecule has 1 aliphatic carbocycles. The monoisotopic (exact) mass is 260 g/mol. The molecule has 2 aromatic rings. The minimum absolute atomic E-state index is 0.616. The Morgan fingerprint density at radius 3 is 2.89 bits per heavy atom. The normalized spacial score (nSPS) is 24.3. The Bertz CT molecular complexity index is 501. The van der Waals surface area contributed by atoms with Crippen molar-refractivity contribution in [2.24, 2.45) is 11.8 Å². The van der Waals surface area contributed by atoms with Gasteiger partial charge in [-0.2, -0.15) is 0 Å². The molecule has 96 valence electrons. The highest BCUT2D eigenvalue weighted by Crippen LogP contribution is 2.41. The molecule has 1 aromatic carbocycles. The Morgan fingerprint density at radius 2 is 2.22 bits per heavy atom. The van der Waals surface area contributed by atoms with Crippen LogP contribution in [0.4, 0.5) is 0 Å². The first-order chi connectivity index (χ1) is 8.78. The Kier molecular flexibility index (Phi) is 3.35. The number of nitrogens with one attached hydrogen (secondary N) is 1. The highest BCUT2D eigenvalue weighted by atomic mass is 32.1. The molecule has 0 aliphatic heterocycles. The van der Waals surface area contributed by atoms with Crippen molar-refractivity contribution in [2.45, 2.75) is 32.7 Å². The minimum Gasteiger partial charge on any atom is -0.314 e. The Balaban J connectivity index is 1.77. The van der Waals surface area contributed by atoms with E-state index in [1.165, 1.54) is 16.1 Å². The third-order valence-electron chi connectivity index (χ3n) is 3.89. The summed E-state index contributed by atoms with van der Waals surface area (Å²) in [5.41, 5.74) is 1.15. The topological polar surface area (TPSA) is 24.9 Å². The second-order valence-electron chi connectivity index (χ2n) is 5.32. The van der Waals surface area contributed by atoms with Crippen molar-refractivity contribution < 1.29 is 0 Å². The summed E-state index contributed by atoms with van der Waals surface area (Å²) in [4.78, 5) is 4.75. The number of thiazole rings is 1. The fraction of sp³-hybridized carbons (Fsp3) is 0.533. The van der Waals surface area contributed by atoms with Gasteiger partial charge in [0.25, 0.3) is 0 Å². The van der Waals surface area contributed by atoms with Crippen molar-refractivity contribution in [1.82, 2.24) is 10.3 Å². The highest BCUT2D eigenvalue weighted by molar-refractivity contribution is 7.18. The van der Waals surface area contributed by atoms with Crippen LogP contribution in [0.1, 0.15) is 25.3 Å². The smallest absolute Gasteiger partial charge is 0.0954 e. The number of fused-ring (bicyclic) bond motifs is 1. The van der Waals surface area contributed by atoms with Gasteiger partial charge in [0.1, 0.15) is 0 Å². The van der Waals surface area contributed by atoms with Crippen LogP contribution in [0, 0.1) is 11.8 Å². The predicted molar refractivity (Wildman–Crippen MR) is 78.1 cm³/mol. The first kappa shape index (κ1) is 12.1. The Hall–Kier alpha value is -0.930. The largest absolute Gasteiger partial charge is 0.314 e. The average Bonchev–Trinajstić information content (AvgIpc) is 2.95. The van der Waals surface area contributed by atoms with Gasteiger partial charge in [0.2, 0.25) is 0 Å². The van der Waals surface area contributed by atoms with Crippen molar-refractivity contribution in [3.05, 3.63) is 29.3 Å². The lowest BCUT2D eigenvalue weighted by atomic mass is 10.1. The maximum atomic E-state index is 4.75. The SMILES string of the molecule is CCNC(Cc1nc2ccccc2s1)C1CC1C. The number of hydrogen-bond acceptors (Lipinski definition) is 3. The van der Waals surface area contributed by atoms with Crippen LogP contribution in [-0.4, -0.2) is 17.6 Å². The van der Waals surface area contributed by atoms with E-state index >= 15 is 0 Å². The van der Waals surface area contributed by atoms with Gasteiger partial charge in [0.15, 0.2) is 0 Å². The highest BCUT2D eigenvalue weighted by Gasteiger charge is 2.39. The maximum Gasteiger partial charge on any atom is 0.0954 e. The second-order valence-corrected chi connectivity index (χ2v) is 6.44. The van der Waals surface area contributed by atoms with E-state index in [4.69, 9.17) is 4.98 Å². The van der Waals surface area contributed by atoms with Crippen molar-refractivity contribution >= 4 is 21.6 Å². The van der Waals surface area contributed by atoms with E-state index in [-0.39, 0.29) is 0 Å². The summed E-state index contributed by atoms with van der Waals surface area (Å²) < 4.78 is 1.31. The molecule has 0 saturated heterocycles. The molecule has 18 heavy (non-hydrogen) atoms. The van der Waals surface area contributed by atoms with Gasteiger partial charge in [-0.15, -0.1) is 11.3 Å². The van der Waals surface area contributed by atoms with Crippen molar-refractivity contribution in [2.75, 3.05) is 6.54 Å². The van der Waals surface area contributed by atoms with E-state index in [2.05, 4.69) is 43.4 Å². The molecule has 1 N–H and O–H groups in total. The molecular formula is C15H20N2S. The zero-order valence-corrected chi connectivity index (χ0v) is 11.8. The van der Waals surface area contributed by atoms with Crippen molar-refractivity contribution in [1.29, 1.82) is 0 Å². The van der Waals surface area contributed by atoms with Gasteiger partial charge in [-0.25, -0.2) is 4.98 Å². The van der Waals surface area contributed by atoms with Gasteiger partial charge in [-0.05, 0) is 36.9 Å². The number of nitrogens with zero attached hydrogens (tertiary/aromatic N) is 1. The molecule has 1 saturated carbocycles. The summed E-state index contributed by atoms with van der Waals surface area (Å²) in [6.45, 7) is 5.60. The third kappa shape index (κ3) is 2.43. The van der Waals surface area contributed by atoms with Crippen LogP contribution < -0.4 is 5.32 Å². The van der Waals surface area contributed by atoms with Gasteiger partial charge in [-0.3, -0.25) is 0 Å². The lowest BCUT2D eigenvalue weighted by Gasteiger charge is -2.16. The van der Waals surface area contributed by atoms with E-state index in [0.717, 1.165) is 30.3 Å². The quantitative estimate of drug-likeness (QED) is 0.890. The van der Waals surface area contributed by atoms with Crippen LogP contribution >= 0.6 is 11.3 Å². The van der Waals surface area contributed by atoms with Gasteiger partial charge >= 0.3 is 0 Å². The number of hydrogen-bond donors (Lipinski definition) is 1. The van der Waals surface area contributed by atoms with Gasteiger partial charge in [0, 0.05) is 12.5 Å². The van der Waals surface area contributed by atoms with E-state index in [1.54, 1.807) is 0 Å². The molecule has 1 aromatic heterocycles. The number of rotatable bonds is 5. The molecule has 3 unspecified atom stereocenters. The lowest BCUT2D eigenvalue weighted by Crippen LogP contribution is -2.33. The fourth-order valence-corrected chi connectivity index (χ4v) is 3.77. The zero-order chi connectivity index (χ0) is 12.5. The van der Waals surface area contributed by atoms with Crippen LogP contribution in [0.3, 0.4) is 0 Å². The molecule has 1 fully saturated rings. The number of para-hydroxylation sites is 1. The number of benzene rings is 1. The molecule has 3 atom stereocenters. The molecule has 1 heterocycles. The predicted octanol–water partition coefficient (Wildman–Crippen LogP) is 3.47. The van der Waals surface area contributed by atoms with Crippen molar-refractivity contribution in [3.63, 3.8) is 0 Å². The number of likely N-dealkylation sites (N-methyl/N-ethyl adjacent to an activating group) is 1. The molecule has 0 amide bonds. The molecule has 0 bridgehead atoms. The summed E-state index contributed by atoms with van der Waals surface area (Å²) in [5.74, 6) is 1.75. The second kappa shape index (κ2) is 4.98. The zero-order valence-electron chi connectivity index (χ0n) is 11.0. The van der Waals surface area contributed by atoms with E-state index in [0.29, 0.717) is 6.04 Å². The summed E-state index contributed by atoms with van der Waals surface area (Å²) in [5, 5.41) is 4.91. The van der Waals surface area contributed by atoms with Crippen LogP contribution in [0.5, 0.6) is 0 Å². The van der Waals surface area contributed by atoms with Crippen LogP contribution in [0.15, 0.2) is 24.3 Å². The molecule has 3 heteroatoms. The minimum atomic E-state index is 0.616. The van der Waals surface area contributed by atoms with Gasteiger partial charge < -0.3 is 5.32 Å². The van der Waals surface area contributed by atoms with Gasteiger partial charge in [0.05, 0.1) is 15.2 Å². The molecule has 3 rings (SSSR count). The van der Waals surface area contributed by atoms with Crippen LogP contribution in [0.2, 0.25) is 0 Å². The van der Waals surface area contributed by atoms with E-state index < -0.39 is 0 Å². The summed E-state index contributed by atoms with van der Waals surface area (Å²) >= 11 is 1.85. The first-order valence-corrected chi connectivity index (χ1v) is 7.67. The average molecular weight is 260 g/mol. The summed E-state index contributed by atoms with van der Waals surface area (Å²) in [7, 11) is 0. The summed E-state index contributed by atoms with van der Waals surface area (Å²) in [6, 6.07) is 9.05. The Labute approximate surface area is 112 Å².